The van der Waals surface area contributed by atoms with E-state index in [2.05, 4.69) is 16.5 Å². The van der Waals surface area contributed by atoms with Crippen LogP contribution in [0.3, 0.4) is 0 Å². The number of rotatable bonds is 6. The molecule has 1 atom stereocenters. The third kappa shape index (κ3) is 5.84. The molecule has 1 saturated heterocycles. The molecule has 168 valence electrons. The lowest BCUT2D eigenvalue weighted by Gasteiger charge is -2.41. The smallest absolute Gasteiger partial charge is 0.410 e. The Balaban J connectivity index is 2.43. The molecule has 0 aliphatic carbocycles. The van der Waals surface area contributed by atoms with Crippen LogP contribution in [0.25, 0.3) is 5.57 Å². The average molecular weight is 428 g/mol. The van der Waals surface area contributed by atoms with E-state index in [9.17, 15) is 9.18 Å². The number of nitrogens with zero attached hydrogens (tertiary/aromatic N) is 3. The van der Waals surface area contributed by atoms with Gasteiger partial charge in [0.25, 0.3) is 0 Å². The number of hydrogen-bond acceptors (Lipinski definition) is 4. The molecule has 1 unspecified atom stereocenters. The van der Waals surface area contributed by atoms with Gasteiger partial charge in [-0.15, -0.1) is 0 Å². The van der Waals surface area contributed by atoms with Crippen molar-refractivity contribution < 1.29 is 13.9 Å². The van der Waals surface area contributed by atoms with Crippen LogP contribution in [0.15, 0.2) is 59.4 Å². The van der Waals surface area contributed by atoms with E-state index in [4.69, 9.17) is 4.74 Å². The zero-order valence-corrected chi connectivity index (χ0v) is 19.5. The summed E-state index contributed by atoms with van der Waals surface area (Å²) in [7, 11) is 0. The van der Waals surface area contributed by atoms with Crippen LogP contribution in [0.2, 0.25) is 0 Å². The number of ether oxygens (including phenoxy) is 1. The highest BCUT2D eigenvalue weighted by Crippen LogP contribution is 2.31. The number of allylic oxidation sites excluding steroid dienone is 4. The van der Waals surface area contributed by atoms with Crippen LogP contribution in [-0.4, -0.2) is 53.4 Å². The standard InChI is InChI=1S/C25H34FN3O2/c1-8-21(22-12-10-11-13-23(22)26)24(19(6)27-9-2)20(7)28-14-15-29(18(5)16-28)25(30)31-17(3)4/h8-13,17-18H,2,14-16H2,1,3-7H3/b21-8-,24-20-,27-19?. The first-order valence-corrected chi connectivity index (χ1v) is 10.7. The molecule has 1 aromatic rings. The Bertz CT molecular complexity index is 902. The molecule has 1 fully saturated rings. The number of carbonyl (C=O) groups excluding carboxylic acids is 1. The molecule has 6 heteroatoms. The highest BCUT2D eigenvalue weighted by molar-refractivity contribution is 6.12. The quantitative estimate of drug-likeness (QED) is 0.435. The minimum Gasteiger partial charge on any atom is -0.447 e. The van der Waals surface area contributed by atoms with Gasteiger partial charge in [0.15, 0.2) is 0 Å². The van der Waals surface area contributed by atoms with E-state index >= 15 is 0 Å². The summed E-state index contributed by atoms with van der Waals surface area (Å²) in [4.78, 5) is 20.8. The Morgan fingerprint density at radius 2 is 1.97 bits per heavy atom. The van der Waals surface area contributed by atoms with E-state index in [1.165, 1.54) is 12.3 Å². The van der Waals surface area contributed by atoms with Crippen LogP contribution in [-0.2, 0) is 4.74 Å². The summed E-state index contributed by atoms with van der Waals surface area (Å²) < 4.78 is 20.0. The lowest BCUT2D eigenvalue weighted by Crippen LogP contribution is -2.54. The minimum atomic E-state index is -0.283. The largest absolute Gasteiger partial charge is 0.447 e. The van der Waals surface area contributed by atoms with Crippen molar-refractivity contribution in [1.29, 1.82) is 0 Å². The van der Waals surface area contributed by atoms with Crippen molar-refractivity contribution in [3.05, 3.63) is 65.8 Å². The van der Waals surface area contributed by atoms with Gasteiger partial charge in [-0.3, -0.25) is 4.99 Å². The third-order valence-electron chi connectivity index (χ3n) is 5.40. The molecule has 1 aromatic carbocycles. The second-order valence-electron chi connectivity index (χ2n) is 7.96. The van der Waals surface area contributed by atoms with Crippen LogP contribution < -0.4 is 0 Å². The Hall–Kier alpha value is -2.89. The summed E-state index contributed by atoms with van der Waals surface area (Å²) in [5.41, 5.74) is 3.94. The van der Waals surface area contributed by atoms with E-state index in [-0.39, 0.29) is 24.1 Å². The van der Waals surface area contributed by atoms with Crippen molar-refractivity contribution in [1.82, 2.24) is 9.80 Å². The fourth-order valence-corrected chi connectivity index (χ4v) is 3.93. The van der Waals surface area contributed by atoms with Gasteiger partial charge in [-0.1, -0.05) is 30.9 Å². The van der Waals surface area contributed by atoms with Gasteiger partial charge >= 0.3 is 6.09 Å². The van der Waals surface area contributed by atoms with Gasteiger partial charge in [-0.2, -0.15) is 0 Å². The molecule has 31 heavy (non-hydrogen) atoms. The molecule has 0 saturated carbocycles. The number of amides is 1. The van der Waals surface area contributed by atoms with Crippen molar-refractivity contribution in [2.45, 2.75) is 53.7 Å². The van der Waals surface area contributed by atoms with Crippen molar-refractivity contribution in [3.63, 3.8) is 0 Å². The van der Waals surface area contributed by atoms with Crippen molar-refractivity contribution >= 4 is 17.4 Å². The van der Waals surface area contributed by atoms with Gasteiger partial charge in [0, 0.05) is 54.4 Å². The van der Waals surface area contributed by atoms with E-state index in [0.717, 1.165) is 22.6 Å². The predicted octanol–water partition coefficient (Wildman–Crippen LogP) is 5.66. The molecular formula is C25H34FN3O2. The third-order valence-corrected chi connectivity index (χ3v) is 5.40. The first-order valence-electron chi connectivity index (χ1n) is 10.7. The number of hydrogen-bond donors (Lipinski definition) is 0. The van der Waals surface area contributed by atoms with Gasteiger partial charge in [-0.25, -0.2) is 9.18 Å². The zero-order chi connectivity index (χ0) is 23.1. The number of halogens is 1. The SMILES string of the molecule is C=CN=C(C)C(/C(=C\C)c1ccccc1F)=C(\C)N1CCN(C(=O)OC(C)C)C(C)C1. The minimum absolute atomic E-state index is 0.0182. The second-order valence-corrected chi connectivity index (χ2v) is 7.96. The Labute approximate surface area is 185 Å². The fraction of sp³-hybridized carbons (Fsp3) is 0.440. The summed E-state index contributed by atoms with van der Waals surface area (Å²) in [5.74, 6) is -0.276. The molecule has 0 N–H and O–H groups in total. The van der Waals surface area contributed by atoms with Crippen molar-refractivity contribution in [2.24, 2.45) is 4.99 Å². The van der Waals surface area contributed by atoms with E-state index in [1.54, 1.807) is 17.0 Å². The number of benzene rings is 1. The molecule has 1 aliphatic rings. The first kappa shape index (κ1) is 24.4. The number of aliphatic imine (C=N–C) groups is 1. The predicted molar refractivity (Wildman–Crippen MR) is 125 cm³/mol. The fourth-order valence-electron chi connectivity index (χ4n) is 3.93. The summed E-state index contributed by atoms with van der Waals surface area (Å²) >= 11 is 0. The Morgan fingerprint density at radius 3 is 2.52 bits per heavy atom. The van der Waals surface area contributed by atoms with Crippen molar-refractivity contribution in [2.75, 3.05) is 19.6 Å². The van der Waals surface area contributed by atoms with Crippen LogP contribution in [0.4, 0.5) is 9.18 Å². The molecule has 1 amide bonds. The molecule has 2 rings (SSSR count). The van der Waals surface area contributed by atoms with E-state index < -0.39 is 0 Å². The van der Waals surface area contributed by atoms with E-state index in [0.29, 0.717) is 25.2 Å². The lowest BCUT2D eigenvalue weighted by atomic mass is 9.92. The molecule has 0 spiro atoms. The number of piperazine rings is 1. The summed E-state index contributed by atoms with van der Waals surface area (Å²) in [6.07, 6.45) is 2.98. The molecule has 0 aromatic heterocycles. The van der Waals surface area contributed by atoms with Crippen LogP contribution in [0, 0.1) is 5.82 Å². The molecule has 0 radical (unpaired) electrons. The van der Waals surface area contributed by atoms with Crippen LogP contribution >= 0.6 is 0 Å². The Morgan fingerprint density at radius 1 is 1.29 bits per heavy atom. The molecule has 5 nitrogen and oxygen atoms in total. The first-order chi connectivity index (χ1) is 14.7. The Kier molecular flexibility index (Phi) is 8.60. The summed E-state index contributed by atoms with van der Waals surface area (Å²) in [6.45, 7) is 17.1. The zero-order valence-electron chi connectivity index (χ0n) is 19.5. The molecular weight excluding hydrogens is 393 g/mol. The van der Waals surface area contributed by atoms with Crippen molar-refractivity contribution in [3.8, 4) is 0 Å². The van der Waals surface area contributed by atoms with Gasteiger partial charge < -0.3 is 14.5 Å². The van der Waals surface area contributed by atoms with Gasteiger partial charge in [0.05, 0.1) is 6.10 Å². The van der Waals surface area contributed by atoms with Gasteiger partial charge in [-0.05, 0) is 53.2 Å². The normalized spacial score (nSPS) is 18.8. The summed E-state index contributed by atoms with van der Waals surface area (Å²) in [5, 5.41) is 0. The maximum atomic E-state index is 14.7. The topological polar surface area (TPSA) is 45.1 Å². The monoisotopic (exact) mass is 427 g/mol. The number of carbonyl (C=O) groups is 1. The maximum absolute atomic E-state index is 14.7. The van der Waals surface area contributed by atoms with Crippen LogP contribution in [0.5, 0.6) is 0 Å². The lowest BCUT2D eigenvalue weighted by molar-refractivity contribution is 0.0432. The average Bonchev–Trinajstić information content (AvgIpc) is 2.71. The summed E-state index contributed by atoms with van der Waals surface area (Å²) in [6, 6.07) is 6.74. The van der Waals surface area contributed by atoms with Gasteiger partial charge in [0.2, 0.25) is 0 Å². The highest BCUT2D eigenvalue weighted by Gasteiger charge is 2.30. The second kappa shape index (κ2) is 10.9. The maximum Gasteiger partial charge on any atom is 0.410 e. The van der Waals surface area contributed by atoms with E-state index in [1.807, 2.05) is 53.7 Å². The highest BCUT2D eigenvalue weighted by atomic mass is 19.1. The molecule has 0 bridgehead atoms. The molecule has 1 heterocycles. The van der Waals surface area contributed by atoms with Crippen LogP contribution in [0.1, 0.15) is 47.1 Å². The molecule has 1 aliphatic heterocycles. The van der Waals surface area contributed by atoms with Gasteiger partial charge in [0.1, 0.15) is 5.82 Å².